The first-order valence-electron chi connectivity index (χ1n) is 6.40. The molecule has 4 aliphatic rings. The molecule has 0 aliphatic carbocycles. The topological polar surface area (TPSA) is 119 Å². The number of hydrogen-bond acceptors (Lipinski definition) is 5. The number of amides is 3. The van der Waals surface area contributed by atoms with Crippen molar-refractivity contribution >= 4 is 46.0 Å². The summed E-state index contributed by atoms with van der Waals surface area (Å²) in [5.41, 5.74) is 1.40. The molecule has 0 saturated carbocycles. The number of aliphatic imine (C=N–C) groups is 1. The number of nitrogens with one attached hydrogen (secondary N) is 3. The third-order valence-corrected chi connectivity index (χ3v) is 8.19. The van der Waals surface area contributed by atoms with E-state index in [0.717, 1.165) is 0 Å². The summed E-state index contributed by atoms with van der Waals surface area (Å²) in [4.78, 5) is 39.2. The van der Waals surface area contributed by atoms with Crippen LogP contribution in [0, 0.1) is 0 Å². The number of rotatable bonds is 5. The second-order valence-electron chi connectivity index (χ2n) is 4.93. The zero-order chi connectivity index (χ0) is 15.4. The predicted octanol–water partition coefficient (Wildman–Crippen LogP) is -4.51. The van der Waals surface area contributed by atoms with Crippen molar-refractivity contribution in [3.63, 3.8) is 0 Å². The Balaban J connectivity index is 1.36. The second kappa shape index (κ2) is 5.26. The summed E-state index contributed by atoms with van der Waals surface area (Å²) in [5, 5.41) is 5.27. The summed E-state index contributed by atoms with van der Waals surface area (Å²) in [5.74, 6) is -0.377. The summed E-state index contributed by atoms with van der Waals surface area (Å²) >= 11 is 2.03. The van der Waals surface area contributed by atoms with Crippen LogP contribution in [0.15, 0.2) is 28.1 Å². The fraction of sp³-hybridized carbons (Fsp3) is 0.333. The molecule has 4 heterocycles. The van der Waals surface area contributed by atoms with Crippen LogP contribution in [0.4, 0.5) is 0 Å². The van der Waals surface area contributed by atoms with E-state index >= 15 is 0 Å². The van der Waals surface area contributed by atoms with Gasteiger partial charge in [0, 0.05) is 0 Å². The SMILES string of the molecule is O=C(CNC(=O)C(I)C1N[I-]1)NC1=C2C=C3C(=O)N=C1C3O2. The second-order valence-corrected chi connectivity index (χ2v) is 8.86. The quantitative estimate of drug-likeness (QED) is 0.110. The molecule has 3 unspecified atom stereocenters. The van der Waals surface area contributed by atoms with Crippen molar-refractivity contribution in [2.45, 2.75) is 14.1 Å². The van der Waals surface area contributed by atoms with Crippen LogP contribution in [0.25, 0.3) is 0 Å². The Morgan fingerprint density at radius 1 is 1.55 bits per heavy atom. The molecule has 116 valence electrons. The molecule has 3 amide bonds. The monoisotopic (exact) mass is 527 g/mol. The minimum absolute atomic E-state index is 0.0474. The molecular formula is C12H9I2N4O4-. The van der Waals surface area contributed by atoms with Gasteiger partial charge in [-0.2, -0.15) is 0 Å². The van der Waals surface area contributed by atoms with Crippen molar-refractivity contribution in [1.82, 2.24) is 14.2 Å². The van der Waals surface area contributed by atoms with Gasteiger partial charge in [-0.3, -0.25) is 0 Å². The summed E-state index contributed by atoms with van der Waals surface area (Å²) in [7, 11) is 0. The molecule has 0 aromatic heterocycles. The summed E-state index contributed by atoms with van der Waals surface area (Å²) in [6.07, 6.45) is 1.14. The van der Waals surface area contributed by atoms with E-state index in [1.165, 1.54) is 0 Å². The van der Waals surface area contributed by atoms with E-state index in [1.807, 2.05) is 0 Å². The number of carbonyl (C=O) groups excluding carboxylic acids is 3. The van der Waals surface area contributed by atoms with E-state index in [4.69, 9.17) is 4.74 Å². The number of hydrogen-bond donors (Lipinski definition) is 3. The third-order valence-electron chi connectivity index (χ3n) is 3.46. The van der Waals surface area contributed by atoms with Crippen LogP contribution in [-0.2, 0) is 19.1 Å². The van der Waals surface area contributed by atoms with Gasteiger partial charge < -0.3 is 0 Å². The molecule has 0 aromatic rings. The molecule has 22 heavy (non-hydrogen) atoms. The number of nitrogens with zero attached hydrogens (tertiary/aromatic N) is 1. The van der Waals surface area contributed by atoms with Crippen molar-refractivity contribution in [2.24, 2.45) is 4.99 Å². The normalized spacial score (nSPS) is 28.5. The maximum atomic E-state index is 12.0. The van der Waals surface area contributed by atoms with Crippen LogP contribution < -0.4 is 35.6 Å². The van der Waals surface area contributed by atoms with Crippen LogP contribution >= 0.6 is 22.6 Å². The third kappa shape index (κ3) is 2.36. The molecule has 3 N–H and O–H groups in total. The number of alkyl halides is 2. The molecule has 0 spiro atoms. The average molecular weight is 527 g/mol. The first kappa shape index (κ1) is 14.6. The van der Waals surface area contributed by atoms with E-state index in [-0.39, 0.29) is 49.7 Å². The zero-order valence-electron chi connectivity index (χ0n) is 10.9. The van der Waals surface area contributed by atoms with Crippen molar-refractivity contribution in [1.29, 1.82) is 0 Å². The number of ether oxygens (including phenoxy) is 1. The Labute approximate surface area is 148 Å². The number of allylic oxidation sites excluding steroid dienone is 1. The summed E-state index contributed by atoms with van der Waals surface area (Å²) in [6.45, 7) is -0.122. The summed E-state index contributed by atoms with van der Waals surface area (Å²) in [6, 6.07) is 0. The predicted molar refractivity (Wildman–Crippen MR) is 78.3 cm³/mol. The van der Waals surface area contributed by atoms with Crippen molar-refractivity contribution < 1.29 is 40.6 Å². The van der Waals surface area contributed by atoms with Gasteiger partial charge >= 0.3 is 150 Å². The maximum absolute atomic E-state index is 12.0. The Morgan fingerprint density at radius 3 is 3.05 bits per heavy atom. The number of halogens is 2. The van der Waals surface area contributed by atoms with Gasteiger partial charge in [0.2, 0.25) is 0 Å². The first-order valence-corrected chi connectivity index (χ1v) is 9.97. The Morgan fingerprint density at radius 2 is 2.32 bits per heavy atom. The zero-order valence-corrected chi connectivity index (χ0v) is 15.2. The average Bonchev–Trinajstić information content (AvgIpc) is 3.12. The fourth-order valence-electron chi connectivity index (χ4n) is 2.35. The van der Waals surface area contributed by atoms with Gasteiger partial charge in [0.05, 0.1) is 0 Å². The molecular weight excluding hydrogens is 518 g/mol. The van der Waals surface area contributed by atoms with Gasteiger partial charge in [0.1, 0.15) is 0 Å². The standard InChI is InChI=1S/C12H9I2N4O4/c13-6(10-14-18-10)12(21)15-2-5(19)16-7-4-1-3-9(22-4)8(7)17-11(3)20/h1,6,9-10,18H,2H2,(H,15,21)(H,16,19)/q-1. The number of fused-ring (bicyclic) bond motifs is 1. The van der Waals surface area contributed by atoms with E-state index in [1.54, 1.807) is 6.08 Å². The van der Waals surface area contributed by atoms with Gasteiger partial charge in [-0.25, -0.2) is 0 Å². The first-order chi connectivity index (χ1) is 10.5. The number of carbonyl (C=O) groups is 3. The Bertz CT molecular complexity index is 710. The van der Waals surface area contributed by atoms with Gasteiger partial charge in [0.15, 0.2) is 0 Å². The van der Waals surface area contributed by atoms with E-state index in [0.29, 0.717) is 26.8 Å². The van der Waals surface area contributed by atoms with Crippen LogP contribution in [0.3, 0.4) is 0 Å². The molecule has 8 nitrogen and oxygen atoms in total. The van der Waals surface area contributed by atoms with Crippen molar-refractivity contribution in [2.75, 3.05) is 6.54 Å². The Kier molecular flexibility index (Phi) is 3.48. The molecule has 0 radical (unpaired) electrons. The van der Waals surface area contributed by atoms with Gasteiger partial charge in [-0.1, -0.05) is 0 Å². The van der Waals surface area contributed by atoms with Crippen LogP contribution in [0.5, 0.6) is 0 Å². The van der Waals surface area contributed by atoms with E-state index in [9.17, 15) is 14.4 Å². The Hall–Kier alpha value is -1.02. The van der Waals surface area contributed by atoms with E-state index < -0.39 is 6.10 Å². The minimum atomic E-state index is -0.462. The van der Waals surface area contributed by atoms with Crippen molar-refractivity contribution in [3.05, 3.63) is 23.1 Å². The summed E-state index contributed by atoms with van der Waals surface area (Å²) < 4.78 is 8.79. The van der Waals surface area contributed by atoms with E-state index in [2.05, 4.69) is 41.7 Å². The molecule has 1 fully saturated rings. The molecule has 2 bridgehead atoms. The molecule has 4 rings (SSSR count). The molecule has 3 atom stereocenters. The van der Waals surface area contributed by atoms with Crippen LogP contribution in [0.1, 0.15) is 0 Å². The molecule has 0 aromatic carbocycles. The fourth-order valence-corrected chi connectivity index (χ4v) is 5.56. The van der Waals surface area contributed by atoms with Crippen LogP contribution in [-0.4, -0.2) is 44.1 Å². The molecule has 10 heteroatoms. The van der Waals surface area contributed by atoms with Crippen LogP contribution in [0.2, 0.25) is 0 Å². The molecule has 4 aliphatic heterocycles. The molecule has 1 saturated heterocycles. The van der Waals surface area contributed by atoms with Gasteiger partial charge in [0.25, 0.3) is 0 Å². The van der Waals surface area contributed by atoms with Crippen molar-refractivity contribution in [3.8, 4) is 0 Å². The van der Waals surface area contributed by atoms with Gasteiger partial charge in [-0.05, 0) is 0 Å². The van der Waals surface area contributed by atoms with Gasteiger partial charge in [-0.15, -0.1) is 0 Å².